The van der Waals surface area contributed by atoms with Crippen LogP contribution in [0.25, 0.3) is 0 Å². The van der Waals surface area contributed by atoms with Gasteiger partial charge in [0.05, 0.1) is 30.4 Å². The summed E-state index contributed by atoms with van der Waals surface area (Å²) in [5.41, 5.74) is 4.05. The molecule has 172 valence electrons. The summed E-state index contributed by atoms with van der Waals surface area (Å²) in [4.78, 5) is 31.6. The molecule has 3 aromatic rings. The van der Waals surface area contributed by atoms with Crippen LogP contribution in [0.5, 0.6) is 5.75 Å². The number of aliphatic hydroxyl groups excluding tert-OH is 1. The van der Waals surface area contributed by atoms with E-state index in [9.17, 15) is 14.7 Å². The van der Waals surface area contributed by atoms with E-state index in [-0.39, 0.29) is 31.6 Å². The van der Waals surface area contributed by atoms with Crippen LogP contribution in [0, 0.1) is 6.92 Å². The van der Waals surface area contributed by atoms with Crippen LogP contribution in [0.2, 0.25) is 0 Å². The van der Waals surface area contributed by atoms with E-state index in [0.717, 1.165) is 16.1 Å². The van der Waals surface area contributed by atoms with Gasteiger partial charge < -0.3 is 24.8 Å². The van der Waals surface area contributed by atoms with Gasteiger partial charge in [-0.2, -0.15) is 0 Å². The molecule has 1 aromatic heterocycles. The maximum Gasteiger partial charge on any atom is 0.262 e. The SMILES string of the molecule is Cc1ncsc1CN1C(=O)CO[C@H](c2ccc(NC(=O)COc3ccccc3)cc2)[C@H]1CO. The molecule has 0 saturated carbocycles. The Morgan fingerprint density at radius 3 is 2.67 bits per heavy atom. The summed E-state index contributed by atoms with van der Waals surface area (Å²) in [5, 5.41) is 12.9. The van der Waals surface area contributed by atoms with Gasteiger partial charge in [0, 0.05) is 10.6 Å². The van der Waals surface area contributed by atoms with E-state index < -0.39 is 12.1 Å². The van der Waals surface area contributed by atoms with Gasteiger partial charge in [0.2, 0.25) is 5.91 Å². The maximum absolute atomic E-state index is 12.5. The highest BCUT2D eigenvalue weighted by Gasteiger charge is 2.37. The van der Waals surface area contributed by atoms with Crippen molar-refractivity contribution >= 4 is 28.8 Å². The third-order valence-electron chi connectivity index (χ3n) is 5.44. The smallest absolute Gasteiger partial charge is 0.262 e. The molecule has 2 atom stereocenters. The molecule has 4 rings (SSSR count). The molecule has 1 fully saturated rings. The number of nitrogens with one attached hydrogen (secondary N) is 1. The number of morpholine rings is 1. The fourth-order valence-electron chi connectivity index (χ4n) is 3.67. The molecule has 0 aliphatic carbocycles. The fraction of sp³-hybridized carbons (Fsp3) is 0.292. The number of aliphatic hydroxyl groups is 1. The molecule has 2 N–H and O–H groups in total. The van der Waals surface area contributed by atoms with Gasteiger partial charge >= 0.3 is 0 Å². The zero-order chi connectivity index (χ0) is 23.2. The van der Waals surface area contributed by atoms with Gasteiger partial charge in [-0.05, 0) is 36.8 Å². The Hall–Kier alpha value is -3.27. The number of ether oxygens (including phenoxy) is 2. The minimum atomic E-state index is -0.521. The van der Waals surface area contributed by atoms with E-state index >= 15 is 0 Å². The van der Waals surface area contributed by atoms with Crippen molar-refractivity contribution in [3.8, 4) is 5.75 Å². The predicted molar refractivity (Wildman–Crippen MR) is 124 cm³/mol. The van der Waals surface area contributed by atoms with Gasteiger partial charge in [0.25, 0.3) is 5.91 Å². The van der Waals surface area contributed by atoms with Crippen LogP contribution in [-0.4, -0.2) is 52.7 Å². The highest BCUT2D eigenvalue weighted by molar-refractivity contribution is 7.09. The number of aryl methyl sites for hydroxylation is 1. The van der Waals surface area contributed by atoms with Crippen LogP contribution in [0.1, 0.15) is 22.2 Å². The number of hydrogen-bond acceptors (Lipinski definition) is 7. The first-order chi connectivity index (χ1) is 16.0. The summed E-state index contributed by atoms with van der Waals surface area (Å²) in [6, 6.07) is 15.8. The molecule has 2 aromatic carbocycles. The van der Waals surface area contributed by atoms with Crippen LogP contribution in [0.15, 0.2) is 60.1 Å². The topological polar surface area (TPSA) is 101 Å². The number of benzene rings is 2. The number of carbonyl (C=O) groups is 2. The molecule has 1 saturated heterocycles. The Kier molecular flexibility index (Phi) is 7.33. The minimum Gasteiger partial charge on any atom is -0.484 e. The highest BCUT2D eigenvalue weighted by Crippen LogP contribution is 2.31. The average molecular weight is 468 g/mol. The number of carbonyl (C=O) groups excluding carboxylic acids is 2. The standard InChI is InChI=1S/C24H25N3O5S/c1-16-21(33-15-25-16)11-27-20(12-28)24(32-14-23(27)30)17-7-9-18(10-8-17)26-22(29)13-31-19-5-3-2-4-6-19/h2-10,15,20,24,28H,11-14H2,1H3,(H,26,29)/t20-,24-/m1/s1. The monoisotopic (exact) mass is 467 g/mol. The first-order valence-corrected chi connectivity index (χ1v) is 11.4. The average Bonchev–Trinajstić information content (AvgIpc) is 3.24. The van der Waals surface area contributed by atoms with Crippen molar-refractivity contribution in [1.29, 1.82) is 0 Å². The van der Waals surface area contributed by atoms with E-state index in [1.54, 1.807) is 34.7 Å². The van der Waals surface area contributed by atoms with E-state index in [1.165, 1.54) is 11.3 Å². The lowest BCUT2D eigenvalue weighted by molar-refractivity contribution is -0.161. The second kappa shape index (κ2) is 10.6. The molecule has 0 spiro atoms. The number of amides is 2. The lowest BCUT2D eigenvalue weighted by Crippen LogP contribution is -2.52. The zero-order valence-corrected chi connectivity index (χ0v) is 19.0. The van der Waals surface area contributed by atoms with E-state index in [4.69, 9.17) is 9.47 Å². The van der Waals surface area contributed by atoms with Crippen molar-refractivity contribution in [3.05, 3.63) is 76.2 Å². The molecule has 9 heteroatoms. The number of hydrogen-bond donors (Lipinski definition) is 2. The van der Waals surface area contributed by atoms with Crippen molar-refractivity contribution in [2.45, 2.75) is 25.6 Å². The third kappa shape index (κ3) is 5.57. The van der Waals surface area contributed by atoms with Gasteiger partial charge in [-0.25, -0.2) is 4.98 Å². The molecular formula is C24H25N3O5S. The number of rotatable bonds is 8. The van der Waals surface area contributed by atoms with Crippen molar-refractivity contribution in [3.63, 3.8) is 0 Å². The zero-order valence-electron chi connectivity index (χ0n) is 18.1. The van der Waals surface area contributed by atoms with Gasteiger partial charge in [-0.3, -0.25) is 9.59 Å². The van der Waals surface area contributed by atoms with Crippen LogP contribution in [0.3, 0.4) is 0 Å². The summed E-state index contributed by atoms with van der Waals surface area (Å²) in [7, 11) is 0. The Bertz CT molecular complexity index is 1090. The predicted octanol–water partition coefficient (Wildman–Crippen LogP) is 2.93. The van der Waals surface area contributed by atoms with E-state index in [2.05, 4.69) is 10.3 Å². The minimum absolute atomic E-state index is 0.0612. The summed E-state index contributed by atoms with van der Waals surface area (Å²) in [6.45, 7) is 1.89. The number of aromatic nitrogens is 1. The summed E-state index contributed by atoms with van der Waals surface area (Å²) in [5.74, 6) is 0.186. The molecule has 2 amide bonds. The number of para-hydroxylation sites is 1. The largest absolute Gasteiger partial charge is 0.484 e. The summed E-state index contributed by atoms with van der Waals surface area (Å²) >= 11 is 1.49. The number of nitrogens with zero attached hydrogens (tertiary/aromatic N) is 2. The van der Waals surface area contributed by atoms with Crippen molar-refractivity contribution in [2.75, 3.05) is 25.1 Å². The number of thiazole rings is 1. The van der Waals surface area contributed by atoms with Gasteiger partial charge in [0.1, 0.15) is 18.5 Å². The van der Waals surface area contributed by atoms with E-state index in [1.807, 2.05) is 37.3 Å². The van der Waals surface area contributed by atoms with Crippen LogP contribution in [0.4, 0.5) is 5.69 Å². The molecule has 1 aliphatic heterocycles. The van der Waals surface area contributed by atoms with Gasteiger partial charge in [0.15, 0.2) is 6.61 Å². The molecule has 0 unspecified atom stereocenters. The van der Waals surface area contributed by atoms with Crippen LogP contribution >= 0.6 is 11.3 Å². The first-order valence-electron chi connectivity index (χ1n) is 10.5. The first kappa shape index (κ1) is 22.9. The lowest BCUT2D eigenvalue weighted by Gasteiger charge is -2.40. The molecule has 0 radical (unpaired) electrons. The van der Waals surface area contributed by atoms with Gasteiger partial charge in [-0.1, -0.05) is 30.3 Å². The fourth-order valence-corrected chi connectivity index (χ4v) is 4.45. The lowest BCUT2D eigenvalue weighted by atomic mass is 9.99. The Morgan fingerprint density at radius 1 is 1.24 bits per heavy atom. The normalized spacial score (nSPS) is 18.2. The number of anilines is 1. The summed E-state index contributed by atoms with van der Waals surface area (Å²) < 4.78 is 11.3. The molecule has 2 heterocycles. The van der Waals surface area contributed by atoms with Crippen LogP contribution in [-0.2, 0) is 20.9 Å². The molecule has 8 nitrogen and oxygen atoms in total. The van der Waals surface area contributed by atoms with E-state index in [0.29, 0.717) is 18.0 Å². The summed E-state index contributed by atoms with van der Waals surface area (Å²) in [6.07, 6.45) is -0.480. The van der Waals surface area contributed by atoms with Crippen molar-refractivity contribution in [1.82, 2.24) is 9.88 Å². The third-order valence-corrected chi connectivity index (χ3v) is 6.36. The van der Waals surface area contributed by atoms with Crippen molar-refractivity contribution in [2.24, 2.45) is 0 Å². The van der Waals surface area contributed by atoms with Gasteiger partial charge in [-0.15, -0.1) is 11.3 Å². The molecule has 0 bridgehead atoms. The van der Waals surface area contributed by atoms with Crippen LogP contribution < -0.4 is 10.1 Å². The highest BCUT2D eigenvalue weighted by atomic mass is 32.1. The van der Waals surface area contributed by atoms with Crippen molar-refractivity contribution < 1.29 is 24.2 Å². The molecule has 33 heavy (non-hydrogen) atoms. The molecule has 1 aliphatic rings. The quantitative estimate of drug-likeness (QED) is 0.528. The Morgan fingerprint density at radius 2 is 2.00 bits per heavy atom. The second-order valence-electron chi connectivity index (χ2n) is 7.64. The maximum atomic E-state index is 12.5. The second-order valence-corrected chi connectivity index (χ2v) is 8.58. The Balaban J connectivity index is 1.40. The molecular weight excluding hydrogens is 442 g/mol. The Labute approximate surface area is 195 Å².